The van der Waals surface area contributed by atoms with E-state index in [1.54, 1.807) is 0 Å². The van der Waals surface area contributed by atoms with Crippen LogP contribution in [0.4, 0.5) is 0 Å². The third-order valence-corrected chi connectivity index (χ3v) is 7.10. The van der Waals surface area contributed by atoms with Crippen LogP contribution in [-0.2, 0) is 10.1 Å². The molecule has 0 aliphatic heterocycles. The minimum Gasteiger partial charge on any atom is -1.00 e. The van der Waals surface area contributed by atoms with E-state index in [-0.39, 0.29) is 31.0 Å². The number of hydrogen-bond donors (Lipinski definition) is 2. The van der Waals surface area contributed by atoms with Crippen molar-refractivity contribution in [3.8, 4) is 0 Å². The minimum absolute atomic E-state index is 0. The molecule has 0 saturated carbocycles. The standard InChI is InChI=1S/C26H54O4S.Na.H/c1-2-3-4-5-6-7-8-9-10-11-12-13-14-15-16-17-18-19-20-21-22-23-24-26(27)25-31(28,29)30;;/h26-27H,2-25H2,1H3,(H,28,29,30);;/q;+1;-1. The minimum atomic E-state index is -4.05. The Balaban J connectivity index is -0.00000450. The van der Waals surface area contributed by atoms with Crippen LogP contribution in [0.15, 0.2) is 0 Å². The third-order valence-electron chi connectivity index (χ3n) is 6.29. The molecule has 1 unspecified atom stereocenters. The zero-order valence-corrected chi connectivity index (χ0v) is 24.5. The van der Waals surface area contributed by atoms with Crippen molar-refractivity contribution in [1.29, 1.82) is 0 Å². The molecule has 6 heteroatoms. The van der Waals surface area contributed by atoms with Crippen molar-refractivity contribution < 1.29 is 49.1 Å². The summed E-state index contributed by atoms with van der Waals surface area (Å²) in [5, 5.41) is 9.51. The van der Waals surface area contributed by atoms with Crippen LogP contribution in [0.3, 0.4) is 0 Å². The fraction of sp³-hybridized carbons (Fsp3) is 1.00. The molecular formula is C26H55NaO4S. The Morgan fingerprint density at radius 1 is 0.562 bits per heavy atom. The third kappa shape index (κ3) is 30.9. The molecule has 0 fully saturated rings. The molecule has 0 rings (SSSR count). The van der Waals surface area contributed by atoms with Crippen LogP contribution in [0.25, 0.3) is 0 Å². The maximum absolute atomic E-state index is 10.7. The van der Waals surface area contributed by atoms with Crippen molar-refractivity contribution in [2.45, 2.75) is 161 Å². The van der Waals surface area contributed by atoms with Gasteiger partial charge in [0.15, 0.2) is 0 Å². The summed E-state index contributed by atoms with van der Waals surface area (Å²) >= 11 is 0. The first-order chi connectivity index (χ1) is 15.0. The van der Waals surface area contributed by atoms with Crippen molar-refractivity contribution in [1.82, 2.24) is 0 Å². The van der Waals surface area contributed by atoms with Gasteiger partial charge in [-0.05, 0) is 6.42 Å². The van der Waals surface area contributed by atoms with E-state index in [0.29, 0.717) is 6.42 Å². The van der Waals surface area contributed by atoms with Gasteiger partial charge in [-0.15, -0.1) is 0 Å². The Morgan fingerprint density at radius 3 is 1.06 bits per heavy atom. The monoisotopic (exact) mass is 486 g/mol. The summed E-state index contributed by atoms with van der Waals surface area (Å²) in [6.45, 7) is 2.28. The van der Waals surface area contributed by atoms with E-state index in [4.69, 9.17) is 4.55 Å². The molecule has 2 N–H and O–H groups in total. The van der Waals surface area contributed by atoms with E-state index in [1.165, 1.54) is 122 Å². The average molecular weight is 487 g/mol. The van der Waals surface area contributed by atoms with E-state index in [9.17, 15) is 13.5 Å². The largest absolute Gasteiger partial charge is 1.00 e. The number of rotatable bonds is 25. The van der Waals surface area contributed by atoms with Gasteiger partial charge in [-0.25, -0.2) is 0 Å². The zero-order chi connectivity index (χ0) is 23.0. The van der Waals surface area contributed by atoms with Crippen LogP contribution in [0.5, 0.6) is 0 Å². The van der Waals surface area contributed by atoms with Gasteiger partial charge in [-0.1, -0.05) is 148 Å². The first kappa shape index (κ1) is 35.0. The predicted octanol–water partition coefficient (Wildman–Crippen LogP) is 5.34. The summed E-state index contributed by atoms with van der Waals surface area (Å²) in [5.41, 5.74) is 0. The van der Waals surface area contributed by atoms with Crippen LogP contribution >= 0.6 is 0 Å². The van der Waals surface area contributed by atoms with Crippen LogP contribution in [-0.4, -0.2) is 29.9 Å². The number of hydrogen-bond acceptors (Lipinski definition) is 3. The number of aliphatic hydroxyl groups excluding tert-OH is 1. The molecule has 0 aromatic rings. The fourth-order valence-electron chi connectivity index (χ4n) is 4.32. The molecule has 0 amide bonds. The summed E-state index contributed by atoms with van der Waals surface area (Å²) in [7, 11) is -4.05. The van der Waals surface area contributed by atoms with Gasteiger partial charge in [-0.3, -0.25) is 4.55 Å². The van der Waals surface area contributed by atoms with Gasteiger partial charge in [-0.2, -0.15) is 8.42 Å². The molecular weight excluding hydrogens is 431 g/mol. The summed E-state index contributed by atoms with van der Waals surface area (Å²) in [6, 6.07) is 0. The second kappa shape index (κ2) is 26.5. The molecule has 0 aromatic carbocycles. The van der Waals surface area contributed by atoms with Gasteiger partial charge in [0.25, 0.3) is 10.1 Å². The van der Waals surface area contributed by atoms with Crippen LogP contribution in [0.2, 0.25) is 0 Å². The summed E-state index contributed by atoms with van der Waals surface area (Å²) in [4.78, 5) is 0. The van der Waals surface area contributed by atoms with Crippen molar-refractivity contribution in [3.63, 3.8) is 0 Å². The van der Waals surface area contributed by atoms with Crippen LogP contribution in [0.1, 0.15) is 156 Å². The zero-order valence-electron chi connectivity index (χ0n) is 22.7. The first-order valence-electron chi connectivity index (χ1n) is 13.6. The second-order valence-electron chi connectivity index (χ2n) is 9.62. The quantitative estimate of drug-likeness (QED) is 0.104. The molecule has 0 aliphatic rings. The van der Waals surface area contributed by atoms with E-state index >= 15 is 0 Å². The Kier molecular flexibility index (Phi) is 29.0. The SMILES string of the molecule is CCCCCCCCCCCCCCCCCCCCCCCCC(O)CS(=O)(=O)O.[H-].[Na+]. The fourth-order valence-corrected chi connectivity index (χ4v) is 4.97. The molecule has 0 saturated heterocycles. The summed E-state index contributed by atoms with van der Waals surface area (Å²) in [6.07, 6.45) is 29.0. The van der Waals surface area contributed by atoms with Gasteiger partial charge >= 0.3 is 29.6 Å². The molecule has 0 heterocycles. The molecule has 0 bridgehead atoms. The van der Waals surface area contributed by atoms with Gasteiger partial charge < -0.3 is 6.53 Å². The molecule has 32 heavy (non-hydrogen) atoms. The van der Waals surface area contributed by atoms with Gasteiger partial charge in [0.2, 0.25) is 0 Å². The van der Waals surface area contributed by atoms with Crippen molar-refractivity contribution >= 4 is 10.1 Å². The van der Waals surface area contributed by atoms with Crippen molar-refractivity contribution in [2.24, 2.45) is 0 Å². The smallest absolute Gasteiger partial charge is 1.00 e. The maximum Gasteiger partial charge on any atom is 1.00 e. The molecule has 0 aliphatic carbocycles. The van der Waals surface area contributed by atoms with E-state index < -0.39 is 22.0 Å². The second-order valence-corrected chi connectivity index (χ2v) is 11.1. The van der Waals surface area contributed by atoms with E-state index in [0.717, 1.165) is 19.3 Å². The Morgan fingerprint density at radius 2 is 0.812 bits per heavy atom. The topological polar surface area (TPSA) is 74.6 Å². The van der Waals surface area contributed by atoms with E-state index in [1.807, 2.05) is 0 Å². The molecule has 0 spiro atoms. The van der Waals surface area contributed by atoms with Gasteiger partial charge in [0.1, 0.15) is 5.75 Å². The van der Waals surface area contributed by atoms with Gasteiger partial charge in [0, 0.05) is 0 Å². The average Bonchev–Trinajstić information content (AvgIpc) is 2.70. The van der Waals surface area contributed by atoms with Crippen molar-refractivity contribution in [2.75, 3.05) is 5.75 Å². The Hall–Kier alpha value is 0.870. The first-order valence-corrected chi connectivity index (χ1v) is 15.2. The van der Waals surface area contributed by atoms with E-state index in [2.05, 4.69) is 6.92 Å². The molecule has 0 aromatic heterocycles. The summed E-state index contributed by atoms with van der Waals surface area (Å²) in [5.74, 6) is -0.535. The molecule has 4 nitrogen and oxygen atoms in total. The van der Waals surface area contributed by atoms with Crippen LogP contribution < -0.4 is 29.6 Å². The summed E-state index contributed by atoms with van der Waals surface area (Å²) < 4.78 is 30.0. The Labute approximate surface area is 224 Å². The van der Waals surface area contributed by atoms with Crippen molar-refractivity contribution in [3.05, 3.63) is 0 Å². The number of unbranched alkanes of at least 4 members (excludes halogenated alkanes) is 21. The molecule has 190 valence electrons. The van der Waals surface area contributed by atoms with Gasteiger partial charge in [0.05, 0.1) is 6.10 Å². The number of aliphatic hydroxyl groups is 1. The van der Waals surface area contributed by atoms with Crippen LogP contribution in [0, 0.1) is 0 Å². The molecule has 0 radical (unpaired) electrons. The predicted molar refractivity (Wildman–Crippen MR) is 135 cm³/mol. The Bertz CT molecular complexity index is 463. The normalized spacial score (nSPS) is 12.6. The molecule has 1 atom stereocenters. The maximum atomic E-state index is 10.7.